The molecular formula is C15H23N3O4. The summed E-state index contributed by atoms with van der Waals surface area (Å²) in [6.45, 7) is 8.03. The number of nitrogens with zero attached hydrogens (tertiary/aromatic N) is 2. The molecule has 2 aliphatic rings. The van der Waals surface area contributed by atoms with Gasteiger partial charge in [0.15, 0.2) is 0 Å². The summed E-state index contributed by atoms with van der Waals surface area (Å²) < 4.78 is 5.33. The molecule has 2 aliphatic heterocycles. The molecule has 0 radical (unpaired) electrons. The summed E-state index contributed by atoms with van der Waals surface area (Å²) in [7, 11) is 0. The lowest BCUT2D eigenvalue weighted by Crippen LogP contribution is -2.49. The van der Waals surface area contributed by atoms with Crippen molar-refractivity contribution in [3.8, 4) is 0 Å². The number of carbonyl (C=O) groups is 3. The summed E-state index contributed by atoms with van der Waals surface area (Å²) in [4.78, 5) is 41.4. The predicted molar refractivity (Wildman–Crippen MR) is 80.3 cm³/mol. The summed E-state index contributed by atoms with van der Waals surface area (Å²) in [6.07, 6.45) is 0.842. The Balaban J connectivity index is 1.94. The number of piperidine rings is 1. The molecule has 0 aliphatic carbocycles. The first-order valence-electron chi connectivity index (χ1n) is 7.55. The molecule has 2 rings (SSSR count). The Kier molecular flexibility index (Phi) is 4.53. The molecule has 0 bridgehead atoms. The quantitative estimate of drug-likeness (QED) is 0.740. The van der Waals surface area contributed by atoms with Gasteiger partial charge in [-0.3, -0.25) is 9.59 Å². The van der Waals surface area contributed by atoms with Crippen LogP contribution in [0.4, 0.5) is 4.79 Å². The van der Waals surface area contributed by atoms with Gasteiger partial charge in [-0.05, 0) is 46.5 Å². The molecule has 7 heteroatoms. The molecule has 2 heterocycles. The Bertz CT molecular complexity index is 513. The van der Waals surface area contributed by atoms with Gasteiger partial charge in [0, 0.05) is 13.1 Å². The minimum atomic E-state index is -0.732. The highest BCUT2D eigenvalue weighted by molar-refractivity contribution is 6.15. The van der Waals surface area contributed by atoms with E-state index < -0.39 is 11.5 Å². The zero-order chi connectivity index (χ0) is 16.5. The molecule has 1 atom stereocenters. The zero-order valence-electron chi connectivity index (χ0n) is 13.5. The fourth-order valence-electron chi connectivity index (χ4n) is 2.79. The summed E-state index contributed by atoms with van der Waals surface area (Å²) in [5, 5.41) is 2.61. The van der Waals surface area contributed by atoms with E-state index in [1.54, 1.807) is 11.8 Å². The highest BCUT2D eigenvalue weighted by Crippen LogP contribution is 2.28. The van der Waals surface area contributed by atoms with Crippen LogP contribution in [0.1, 0.15) is 40.5 Å². The lowest BCUT2D eigenvalue weighted by Gasteiger charge is -2.36. The lowest BCUT2D eigenvalue weighted by atomic mass is 9.82. The van der Waals surface area contributed by atoms with E-state index in [1.807, 2.05) is 20.8 Å². The number of hydrogen-bond acceptors (Lipinski definition) is 4. The SMILES string of the molecule is CC1=NC(=O)C(C2CCN(C(=O)OC(C)(C)C)CC2)C(=O)N1. The van der Waals surface area contributed by atoms with Crippen LogP contribution in [0.2, 0.25) is 0 Å². The number of amides is 3. The number of hydrogen-bond donors (Lipinski definition) is 1. The van der Waals surface area contributed by atoms with Crippen molar-refractivity contribution >= 4 is 23.7 Å². The third-order valence-corrected chi connectivity index (χ3v) is 3.79. The Morgan fingerprint density at radius 2 is 1.86 bits per heavy atom. The van der Waals surface area contributed by atoms with Gasteiger partial charge in [0.1, 0.15) is 17.4 Å². The summed E-state index contributed by atoms with van der Waals surface area (Å²) in [6, 6.07) is 0. The van der Waals surface area contributed by atoms with Crippen molar-refractivity contribution < 1.29 is 19.1 Å². The van der Waals surface area contributed by atoms with E-state index in [0.29, 0.717) is 31.8 Å². The lowest BCUT2D eigenvalue weighted by molar-refractivity contribution is -0.136. The van der Waals surface area contributed by atoms with E-state index in [4.69, 9.17) is 4.74 Å². The van der Waals surface area contributed by atoms with E-state index in [0.717, 1.165) is 0 Å². The second-order valence-corrected chi connectivity index (χ2v) is 6.81. The zero-order valence-corrected chi connectivity index (χ0v) is 13.5. The Labute approximate surface area is 130 Å². The first kappa shape index (κ1) is 16.5. The summed E-state index contributed by atoms with van der Waals surface area (Å²) >= 11 is 0. The van der Waals surface area contributed by atoms with Crippen LogP contribution in [-0.2, 0) is 14.3 Å². The van der Waals surface area contributed by atoms with E-state index >= 15 is 0 Å². The fraction of sp³-hybridized carbons (Fsp3) is 0.733. The predicted octanol–water partition coefficient (Wildman–Crippen LogP) is 1.32. The van der Waals surface area contributed by atoms with Crippen molar-refractivity contribution in [1.29, 1.82) is 0 Å². The first-order chi connectivity index (χ1) is 10.2. The van der Waals surface area contributed by atoms with Gasteiger partial charge >= 0.3 is 6.09 Å². The van der Waals surface area contributed by atoms with Gasteiger partial charge in [0.05, 0.1) is 0 Å². The Hall–Kier alpha value is -1.92. The highest BCUT2D eigenvalue weighted by atomic mass is 16.6. The molecule has 0 aromatic heterocycles. The van der Waals surface area contributed by atoms with Crippen LogP contribution in [-0.4, -0.2) is 47.3 Å². The molecule has 122 valence electrons. The topological polar surface area (TPSA) is 88.1 Å². The molecule has 3 amide bonds. The van der Waals surface area contributed by atoms with E-state index in [-0.39, 0.29) is 23.8 Å². The molecule has 22 heavy (non-hydrogen) atoms. The van der Waals surface area contributed by atoms with Crippen LogP contribution in [0.25, 0.3) is 0 Å². The van der Waals surface area contributed by atoms with Crippen LogP contribution in [0, 0.1) is 11.8 Å². The Morgan fingerprint density at radius 3 is 2.36 bits per heavy atom. The third kappa shape index (κ3) is 3.84. The van der Waals surface area contributed by atoms with Crippen LogP contribution < -0.4 is 5.32 Å². The number of carbonyl (C=O) groups excluding carboxylic acids is 3. The van der Waals surface area contributed by atoms with Crippen molar-refractivity contribution in [2.24, 2.45) is 16.8 Å². The van der Waals surface area contributed by atoms with Crippen molar-refractivity contribution in [3.05, 3.63) is 0 Å². The monoisotopic (exact) mass is 309 g/mol. The molecule has 0 spiro atoms. The van der Waals surface area contributed by atoms with Gasteiger partial charge in [-0.25, -0.2) is 4.79 Å². The smallest absolute Gasteiger partial charge is 0.410 e. The van der Waals surface area contributed by atoms with E-state index in [9.17, 15) is 14.4 Å². The number of amidine groups is 1. The molecular weight excluding hydrogens is 286 g/mol. The summed E-state index contributed by atoms with van der Waals surface area (Å²) in [5.74, 6) is -1.13. The van der Waals surface area contributed by atoms with Crippen LogP contribution >= 0.6 is 0 Å². The average Bonchev–Trinajstić information content (AvgIpc) is 2.36. The minimum Gasteiger partial charge on any atom is -0.444 e. The number of ether oxygens (including phenoxy) is 1. The molecule has 7 nitrogen and oxygen atoms in total. The Morgan fingerprint density at radius 1 is 1.27 bits per heavy atom. The first-order valence-corrected chi connectivity index (χ1v) is 7.55. The maximum absolute atomic E-state index is 12.0. The van der Waals surface area contributed by atoms with Gasteiger partial charge in [-0.15, -0.1) is 0 Å². The second kappa shape index (κ2) is 6.06. The minimum absolute atomic E-state index is 0.0805. The maximum atomic E-state index is 12.0. The molecule has 0 saturated carbocycles. The fourth-order valence-corrected chi connectivity index (χ4v) is 2.79. The van der Waals surface area contributed by atoms with Crippen molar-refractivity contribution in [1.82, 2.24) is 10.2 Å². The van der Waals surface area contributed by atoms with Crippen molar-refractivity contribution in [2.75, 3.05) is 13.1 Å². The van der Waals surface area contributed by atoms with Crippen LogP contribution in [0.5, 0.6) is 0 Å². The molecule has 1 fully saturated rings. The van der Waals surface area contributed by atoms with E-state index in [2.05, 4.69) is 10.3 Å². The molecule has 0 aromatic rings. The molecule has 1 saturated heterocycles. The maximum Gasteiger partial charge on any atom is 0.410 e. The van der Waals surface area contributed by atoms with Gasteiger partial charge in [-0.2, -0.15) is 4.99 Å². The van der Waals surface area contributed by atoms with Gasteiger partial charge in [-0.1, -0.05) is 0 Å². The molecule has 1 unspecified atom stereocenters. The standard InChI is InChI=1S/C15H23N3O4/c1-9-16-12(19)11(13(20)17-9)10-5-7-18(8-6-10)14(21)22-15(2,3)4/h10-11H,5-8H2,1-4H3,(H,16,17,19,20). The largest absolute Gasteiger partial charge is 0.444 e. The normalized spacial score (nSPS) is 23.9. The second-order valence-electron chi connectivity index (χ2n) is 6.81. The van der Waals surface area contributed by atoms with Crippen LogP contribution in [0.3, 0.4) is 0 Å². The van der Waals surface area contributed by atoms with Gasteiger partial charge in [0.25, 0.3) is 5.91 Å². The molecule has 1 N–H and O–H groups in total. The number of likely N-dealkylation sites (tertiary alicyclic amines) is 1. The van der Waals surface area contributed by atoms with Gasteiger partial charge in [0.2, 0.25) is 5.91 Å². The van der Waals surface area contributed by atoms with E-state index in [1.165, 1.54) is 0 Å². The summed E-state index contributed by atoms with van der Waals surface area (Å²) in [5.41, 5.74) is -0.528. The van der Waals surface area contributed by atoms with Crippen LogP contribution in [0.15, 0.2) is 4.99 Å². The van der Waals surface area contributed by atoms with Crippen molar-refractivity contribution in [2.45, 2.75) is 46.1 Å². The average molecular weight is 309 g/mol. The number of nitrogens with one attached hydrogen (secondary N) is 1. The van der Waals surface area contributed by atoms with Crippen molar-refractivity contribution in [3.63, 3.8) is 0 Å². The van der Waals surface area contributed by atoms with Gasteiger partial charge < -0.3 is 15.0 Å². The molecule has 0 aromatic carbocycles. The number of aliphatic imine (C=N–C) groups is 1. The third-order valence-electron chi connectivity index (χ3n) is 3.79. The highest BCUT2D eigenvalue weighted by Gasteiger charge is 2.40. The number of rotatable bonds is 1.